The van der Waals surface area contributed by atoms with Crippen LogP contribution in [0.4, 0.5) is 0 Å². The molecule has 0 saturated heterocycles. The van der Waals surface area contributed by atoms with Crippen molar-refractivity contribution in [2.45, 2.75) is 200 Å². The smallest absolute Gasteiger partial charge is 0.317 e. The Morgan fingerprint density at radius 2 is 0.596 bits per heavy atom. The molecule has 10 aromatic carbocycles. The summed E-state index contributed by atoms with van der Waals surface area (Å²) in [6.07, 6.45) is 30.1. The maximum Gasteiger partial charge on any atom is 0.317 e. The molecule has 0 N–H and O–H groups in total. The van der Waals surface area contributed by atoms with E-state index in [4.69, 9.17) is 28.4 Å². The normalized spacial score (nSPS) is 11.7. The summed E-state index contributed by atoms with van der Waals surface area (Å²) in [6.45, 7) is 6.71. The van der Waals surface area contributed by atoms with E-state index in [0.717, 1.165) is 69.8 Å². The van der Waals surface area contributed by atoms with Crippen LogP contribution in [-0.4, -0.2) is 38.4 Å². The van der Waals surface area contributed by atoms with Crippen molar-refractivity contribution in [3.63, 3.8) is 0 Å². The standard InChI is InChI=1S/C81H96O8/c1-3-5-7-9-11-13-15-17-19-23-47-84-70-51-60(52-71(55-70)85-48-24-20-18-16-14-12-10-8-6-4-2)58-88-76(82)57-77(83)89-59-61-53-72(86-49-25-21-29-62-35-37-68-41-39-64-31-27-33-66-43-45-74(62)80(68)78(64)66)56-73(54-61)87-50-26-22-30-63-36-38-69-42-40-65-32-28-34-67-44-46-75(63)81(69)79(65)67/h27-28,31-46,51-56H,3-26,29-30,47-50,57-59H2,1-2H3. The van der Waals surface area contributed by atoms with Gasteiger partial charge in [-0.15, -0.1) is 0 Å². The van der Waals surface area contributed by atoms with Crippen LogP contribution in [0.5, 0.6) is 23.0 Å². The fourth-order valence-electron chi connectivity index (χ4n) is 13.1. The van der Waals surface area contributed by atoms with Crippen LogP contribution in [0.1, 0.15) is 197 Å². The summed E-state index contributed by atoms with van der Waals surface area (Å²) in [6, 6.07) is 51.6. The lowest BCUT2D eigenvalue weighted by atomic mass is 9.91. The average Bonchev–Trinajstić information content (AvgIpc) is 1.23. The summed E-state index contributed by atoms with van der Waals surface area (Å²) in [5, 5.41) is 15.7. The van der Waals surface area contributed by atoms with Crippen LogP contribution < -0.4 is 18.9 Å². The molecule has 0 amide bonds. The third-order valence-corrected chi connectivity index (χ3v) is 18.0. The van der Waals surface area contributed by atoms with Gasteiger partial charge in [0, 0.05) is 12.1 Å². The second-order valence-electron chi connectivity index (χ2n) is 25.0. The molecule has 0 heterocycles. The predicted molar refractivity (Wildman–Crippen MR) is 369 cm³/mol. The second-order valence-corrected chi connectivity index (χ2v) is 25.0. The third-order valence-electron chi connectivity index (χ3n) is 18.0. The molecule has 0 bridgehead atoms. The zero-order chi connectivity index (χ0) is 61.2. The minimum atomic E-state index is -0.670. The first-order valence-electron chi connectivity index (χ1n) is 34.3. The Kier molecular flexibility index (Phi) is 24.9. The molecule has 0 aliphatic carbocycles. The van der Waals surface area contributed by atoms with Gasteiger partial charge in [0.05, 0.1) is 26.4 Å². The van der Waals surface area contributed by atoms with E-state index in [9.17, 15) is 9.59 Å². The minimum absolute atomic E-state index is 0.0206. The van der Waals surface area contributed by atoms with E-state index in [0.29, 0.717) is 55.0 Å². The number of carbonyl (C=O) groups excluding carboxylic acids is 2. The summed E-state index contributed by atoms with van der Waals surface area (Å²) in [5.74, 6) is 1.35. The molecule has 0 fully saturated rings. The summed E-state index contributed by atoms with van der Waals surface area (Å²) < 4.78 is 36.9. The third kappa shape index (κ3) is 18.7. The molecule has 8 heteroatoms. The molecule has 0 saturated carbocycles. The molecule has 0 unspecified atom stereocenters. The Bertz CT molecular complexity index is 3530. The van der Waals surface area contributed by atoms with Crippen LogP contribution in [-0.2, 0) is 45.1 Å². The van der Waals surface area contributed by atoms with E-state index in [1.165, 1.54) is 178 Å². The second kappa shape index (κ2) is 34.4. The van der Waals surface area contributed by atoms with Crippen molar-refractivity contribution >= 4 is 76.6 Å². The van der Waals surface area contributed by atoms with Gasteiger partial charge in [-0.3, -0.25) is 9.59 Å². The van der Waals surface area contributed by atoms with Crippen LogP contribution in [0, 0.1) is 0 Å². The number of rotatable bonds is 42. The molecule has 0 spiro atoms. The SMILES string of the molecule is CCCCCCCCCCCCOc1cc(COC(=O)CC(=O)OCc2cc(OCCCCc3ccc4ccc5cccc6ccc3c4c56)cc(OCCCCc3ccc4ccc5cccc6ccc3c4c56)c2)cc(OCCCCCCCCCCCC)c1. The van der Waals surface area contributed by atoms with Crippen molar-refractivity contribution in [3.05, 3.63) is 168 Å². The van der Waals surface area contributed by atoms with Gasteiger partial charge in [0.15, 0.2) is 0 Å². The van der Waals surface area contributed by atoms with Crippen LogP contribution in [0.3, 0.4) is 0 Å². The fraction of sp³-hybridized carbons (Fsp3) is 0.432. The van der Waals surface area contributed by atoms with E-state index < -0.39 is 18.4 Å². The van der Waals surface area contributed by atoms with Crippen LogP contribution in [0.2, 0.25) is 0 Å². The molecule has 468 valence electrons. The van der Waals surface area contributed by atoms with Crippen molar-refractivity contribution in [3.8, 4) is 23.0 Å². The molecular formula is C81H96O8. The van der Waals surface area contributed by atoms with Crippen LogP contribution in [0.25, 0.3) is 64.6 Å². The average molecular weight is 1200 g/mol. The molecule has 0 aliphatic heterocycles. The van der Waals surface area contributed by atoms with E-state index in [-0.39, 0.29) is 13.2 Å². The van der Waals surface area contributed by atoms with Crippen molar-refractivity contribution in [2.24, 2.45) is 0 Å². The predicted octanol–water partition coefficient (Wildman–Crippen LogP) is 22.1. The zero-order valence-electron chi connectivity index (χ0n) is 53.5. The van der Waals surface area contributed by atoms with E-state index in [2.05, 4.69) is 123 Å². The number of carbonyl (C=O) groups is 2. The zero-order valence-corrected chi connectivity index (χ0v) is 53.5. The maximum atomic E-state index is 13.3. The lowest BCUT2D eigenvalue weighted by Crippen LogP contribution is -2.14. The molecule has 0 atom stereocenters. The van der Waals surface area contributed by atoms with Gasteiger partial charge in [0.2, 0.25) is 0 Å². The molecular weight excluding hydrogens is 1100 g/mol. The Morgan fingerprint density at radius 3 is 0.944 bits per heavy atom. The van der Waals surface area contributed by atoms with Gasteiger partial charge < -0.3 is 28.4 Å². The lowest BCUT2D eigenvalue weighted by Gasteiger charge is -2.15. The Balaban J connectivity index is 0.722. The van der Waals surface area contributed by atoms with Gasteiger partial charge in [0.1, 0.15) is 42.6 Å². The van der Waals surface area contributed by atoms with Crippen LogP contribution >= 0.6 is 0 Å². The van der Waals surface area contributed by atoms with Crippen molar-refractivity contribution in [2.75, 3.05) is 26.4 Å². The highest BCUT2D eigenvalue weighted by molar-refractivity contribution is 6.24. The van der Waals surface area contributed by atoms with Gasteiger partial charge in [-0.1, -0.05) is 239 Å². The van der Waals surface area contributed by atoms with Gasteiger partial charge >= 0.3 is 11.9 Å². The first-order valence-corrected chi connectivity index (χ1v) is 34.3. The largest absolute Gasteiger partial charge is 0.493 e. The first-order chi connectivity index (χ1) is 43.9. The highest BCUT2D eigenvalue weighted by atomic mass is 16.6. The summed E-state index contributed by atoms with van der Waals surface area (Å²) in [7, 11) is 0. The highest BCUT2D eigenvalue weighted by Crippen LogP contribution is 2.38. The van der Waals surface area contributed by atoms with Crippen molar-refractivity contribution in [1.82, 2.24) is 0 Å². The molecule has 10 rings (SSSR count). The highest BCUT2D eigenvalue weighted by Gasteiger charge is 2.17. The fourth-order valence-corrected chi connectivity index (χ4v) is 13.1. The quantitative estimate of drug-likeness (QED) is 0.0162. The maximum absolute atomic E-state index is 13.3. The Hall–Kier alpha value is -7.58. The van der Waals surface area contributed by atoms with Crippen molar-refractivity contribution < 1.29 is 38.0 Å². The molecule has 8 nitrogen and oxygen atoms in total. The number of ether oxygens (including phenoxy) is 6. The number of esters is 2. The minimum Gasteiger partial charge on any atom is -0.493 e. The number of aryl methyl sites for hydroxylation is 2. The van der Waals surface area contributed by atoms with E-state index in [1.807, 2.05) is 36.4 Å². The Morgan fingerprint density at radius 1 is 0.303 bits per heavy atom. The molecule has 89 heavy (non-hydrogen) atoms. The first kappa shape index (κ1) is 64.4. The van der Waals surface area contributed by atoms with Crippen LogP contribution in [0.15, 0.2) is 146 Å². The Labute approximate surface area is 529 Å². The number of unbranched alkanes of at least 4 members (excludes halogenated alkanes) is 20. The van der Waals surface area contributed by atoms with Crippen molar-refractivity contribution in [1.29, 1.82) is 0 Å². The van der Waals surface area contributed by atoms with Gasteiger partial charge in [-0.05, 0) is 163 Å². The molecule has 0 radical (unpaired) electrons. The van der Waals surface area contributed by atoms with Gasteiger partial charge in [-0.25, -0.2) is 0 Å². The lowest BCUT2D eigenvalue weighted by molar-refractivity contribution is -0.156. The van der Waals surface area contributed by atoms with E-state index >= 15 is 0 Å². The molecule has 10 aromatic rings. The monoisotopic (exact) mass is 1200 g/mol. The van der Waals surface area contributed by atoms with Gasteiger partial charge in [0.25, 0.3) is 0 Å². The van der Waals surface area contributed by atoms with Gasteiger partial charge in [-0.2, -0.15) is 0 Å². The van der Waals surface area contributed by atoms with E-state index in [1.54, 1.807) is 0 Å². The number of hydrogen-bond acceptors (Lipinski definition) is 8. The summed E-state index contributed by atoms with van der Waals surface area (Å²) in [4.78, 5) is 26.6. The number of benzene rings is 10. The number of hydrogen-bond donors (Lipinski definition) is 0. The molecule has 0 aromatic heterocycles. The summed E-state index contributed by atoms with van der Waals surface area (Å²) >= 11 is 0. The topological polar surface area (TPSA) is 89.5 Å². The summed E-state index contributed by atoms with van der Waals surface area (Å²) in [5.41, 5.74) is 4.15. The molecule has 0 aliphatic rings.